The van der Waals surface area contributed by atoms with Gasteiger partial charge in [0.25, 0.3) is 5.69 Å². The number of hydrogen-bond donors (Lipinski definition) is 4. The molecule has 1 aliphatic heterocycles. The minimum absolute atomic E-state index is 0.0170. The number of hydrogen-bond acceptors (Lipinski definition) is 8. The van der Waals surface area contributed by atoms with Gasteiger partial charge in [-0.25, -0.2) is 0 Å². The minimum atomic E-state index is -1.59. The largest absolute Gasteiger partial charge is 0.460 e. The first-order valence-electron chi connectivity index (χ1n) is 6.26. The van der Waals surface area contributed by atoms with Crippen LogP contribution in [0.5, 0.6) is 5.75 Å². The van der Waals surface area contributed by atoms with Gasteiger partial charge in [0.15, 0.2) is 0 Å². The topological polar surface area (TPSA) is 143 Å². The molecule has 0 radical (unpaired) electrons. The van der Waals surface area contributed by atoms with Crippen LogP contribution in [0.4, 0.5) is 5.69 Å². The Hall–Kier alpha value is -1.49. The van der Waals surface area contributed by atoms with Crippen LogP contribution >= 0.6 is 11.6 Å². The van der Waals surface area contributed by atoms with Crippen molar-refractivity contribution < 1.29 is 34.8 Å². The molecule has 1 aromatic rings. The molecule has 5 atom stereocenters. The first-order valence-corrected chi connectivity index (χ1v) is 6.64. The zero-order chi connectivity index (χ0) is 16.4. The summed E-state index contributed by atoms with van der Waals surface area (Å²) >= 11 is 5.85. The first kappa shape index (κ1) is 16.9. The van der Waals surface area contributed by atoms with E-state index in [4.69, 9.17) is 26.2 Å². The number of aliphatic hydroxyl groups excluding tert-OH is 4. The lowest BCUT2D eigenvalue weighted by atomic mass is 9.99. The van der Waals surface area contributed by atoms with Crippen molar-refractivity contribution in [2.24, 2.45) is 0 Å². The van der Waals surface area contributed by atoms with Gasteiger partial charge in [-0.3, -0.25) is 10.1 Å². The Morgan fingerprint density at radius 3 is 2.50 bits per heavy atom. The maximum Gasteiger partial charge on any atom is 0.271 e. The smallest absolute Gasteiger partial charge is 0.271 e. The summed E-state index contributed by atoms with van der Waals surface area (Å²) in [7, 11) is 0. The molecule has 0 aromatic heterocycles. The van der Waals surface area contributed by atoms with E-state index in [0.29, 0.717) is 0 Å². The summed E-state index contributed by atoms with van der Waals surface area (Å²) in [6.45, 7) is -0.598. The fraction of sp³-hybridized carbons (Fsp3) is 0.500. The van der Waals surface area contributed by atoms with Crippen molar-refractivity contribution in [2.75, 3.05) is 6.61 Å². The molecular weight excluding hydrogens is 322 g/mol. The summed E-state index contributed by atoms with van der Waals surface area (Å²) in [5.74, 6) is -0.0170. The van der Waals surface area contributed by atoms with Crippen LogP contribution in [0.1, 0.15) is 0 Å². The lowest BCUT2D eigenvalue weighted by molar-refractivity contribution is -0.384. The number of rotatable bonds is 4. The molecule has 122 valence electrons. The summed E-state index contributed by atoms with van der Waals surface area (Å²) in [6, 6.07) is 3.41. The molecule has 0 spiro atoms. The predicted molar refractivity (Wildman–Crippen MR) is 72.5 cm³/mol. The van der Waals surface area contributed by atoms with E-state index in [0.717, 1.165) is 12.1 Å². The van der Waals surface area contributed by atoms with E-state index in [9.17, 15) is 25.4 Å². The van der Waals surface area contributed by atoms with E-state index in [2.05, 4.69) is 0 Å². The van der Waals surface area contributed by atoms with Gasteiger partial charge in [-0.1, -0.05) is 11.6 Å². The van der Waals surface area contributed by atoms with E-state index in [1.165, 1.54) is 6.07 Å². The lowest BCUT2D eigenvalue weighted by Crippen LogP contribution is -2.60. The molecule has 0 amide bonds. The molecular formula is C12H14ClNO8. The van der Waals surface area contributed by atoms with Crippen LogP contribution in [0, 0.1) is 10.1 Å². The number of benzene rings is 1. The number of nitrogens with zero attached hydrogens (tertiary/aromatic N) is 1. The molecule has 2 rings (SSSR count). The average molecular weight is 336 g/mol. The van der Waals surface area contributed by atoms with Crippen molar-refractivity contribution >= 4 is 17.3 Å². The van der Waals surface area contributed by atoms with Crippen molar-refractivity contribution in [3.05, 3.63) is 33.3 Å². The van der Waals surface area contributed by atoms with Crippen LogP contribution in [0.2, 0.25) is 5.02 Å². The third kappa shape index (κ3) is 3.29. The van der Waals surface area contributed by atoms with Gasteiger partial charge < -0.3 is 29.9 Å². The van der Waals surface area contributed by atoms with E-state index in [1.54, 1.807) is 0 Å². The molecule has 0 aliphatic carbocycles. The first-order chi connectivity index (χ1) is 10.3. The van der Waals surface area contributed by atoms with Gasteiger partial charge in [0.1, 0.15) is 30.2 Å². The summed E-state index contributed by atoms with van der Waals surface area (Å²) < 4.78 is 10.4. The molecule has 2 unspecified atom stereocenters. The molecule has 1 aromatic carbocycles. The molecule has 0 saturated carbocycles. The van der Waals surface area contributed by atoms with Crippen LogP contribution in [0.15, 0.2) is 18.2 Å². The van der Waals surface area contributed by atoms with E-state index < -0.39 is 42.2 Å². The highest BCUT2D eigenvalue weighted by molar-refractivity contribution is 6.32. The Morgan fingerprint density at radius 2 is 1.95 bits per heavy atom. The molecule has 1 aliphatic rings. The number of non-ortho nitro benzene ring substituents is 1. The monoisotopic (exact) mass is 335 g/mol. The van der Waals surface area contributed by atoms with Crippen molar-refractivity contribution in [3.63, 3.8) is 0 Å². The van der Waals surface area contributed by atoms with Crippen molar-refractivity contribution in [1.29, 1.82) is 0 Å². The molecule has 9 nitrogen and oxygen atoms in total. The van der Waals surface area contributed by atoms with E-state index in [-0.39, 0.29) is 16.5 Å². The Kier molecular flexibility index (Phi) is 5.16. The zero-order valence-electron chi connectivity index (χ0n) is 11.1. The number of aliphatic hydroxyl groups is 4. The quantitative estimate of drug-likeness (QED) is 0.423. The van der Waals surface area contributed by atoms with Gasteiger partial charge in [-0.2, -0.15) is 0 Å². The maximum atomic E-state index is 10.6. The van der Waals surface area contributed by atoms with Crippen LogP contribution in [0.25, 0.3) is 0 Å². The maximum absolute atomic E-state index is 10.6. The molecule has 1 heterocycles. The SMILES string of the molecule is O=[N+]([O-])c1ccc(O[C@@H]2OC(CO)[C@@H](O)[C@H](O)C2O)c(Cl)c1. The third-order valence-electron chi connectivity index (χ3n) is 3.22. The Labute approximate surface area is 129 Å². The predicted octanol–water partition coefficient (Wildman–Crippen LogP) is -0.573. The summed E-state index contributed by atoms with van der Waals surface area (Å²) in [5, 5.41) is 48.7. The highest BCUT2D eigenvalue weighted by atomic mass is 35.5. The molecule has 1 fully saturated rings. The van der Waals surface area contributed by atoms with Crippen molar-refractivity contribution in [3.8, 4) is 5.75 Å². The van der Waals surface area contributed by atoms with Crippen LogP contribution < -0.4 is 4.74 Å². The molecule has 0 bridgehead atoms. The zero-order valence-corrected chi connectivity index (χ0v) is 11.8. The van der Waals surface area contributed by atoms with Crippen LogP contribution in [-0.2, 0) is 4.74 Å². The number of ether oxygens (including phenoxy) is 2. The second kappa shape index (κ2) is 6.73. The van der Waals surface area contributed by atoms with Crippen molar-refractivity contribution in [1.82, 2.24) is 0 Å². The summed E-state index contributed by atoms with van der Waals surface area (Å²) in [6.07, 6.45) is -7.22. The summed E-state index contributed by atoms with van der Waals surface area (Å²) in [5.41, 5.74) is -0.244. The van der Waals surface area contributed by atoms with Gasteiger partial charge in [-0.05, 0) is 6.07 Å². The molecule has 10 heteroatoms. The van der Waals surface area contributed by atoms with Gasteiger partial charge >= 0.3 is 0 Å². The fourth-order valence-corrected chi connectivity index (χ4v) is 2.21. The van der Waals surface area contributed by atoms with Gasteiger partial charge in [0, 0.05) is 12.1 Å². The number of nitro benzene ring substituents is 1. The van der Waals surface area contributed by atoms with Crippen molar-refractivity contribution in [2.45, 2.75) is 30.7 Å². The average Bonchev–Trinajstić information content (AvgIpc) is 2.49. The second-order valence-electron chi connectivity index (χ2n) is 4.69. The van der Waals surface area contributed by atoms with Gasteiger partial charge in [0.05, 0.1) is 16.6 Å². The minimum Gasteiger partial charge on any atom is -0.460 e. The highest BCUT2D eigenvalue weighted by Crippen LogP contribution is 2.31. The second-order valence-corrected chi connectivity index (χ2v) is 5.09. The fourth-order valence-electron chi connectivity index (χ4n) is 1.99. The van der Waals surface area contributed by atoms with Crippen LogP contribution in [-0.4, -0.2) is 62.7 Å². The van der Waals surface area contributed by atoms with Gasteiger partial charge in [-0.15, -0.1) is 0 Å². The molecule has 4 N–H and O–H groups in total. The molecule has 1 saturated heterocycles. The number of halogens is 1. The third-order valence-corrected chi connectivity index (χ3v) is 3.51. The Bertz CT molecular complexity index is 554. The normalized spacial score (nSPS) is 31.8. The number of nitro groups is 1. The standard InChI is InChI=1S/C12H14ClNO8/c13-6-3-5(14(19)20)1-2-7(6)21-12-11(18)10(17)9(16)8(4-15)22-12/h1-3,8-12,15-18H,4H2/t8?,9-,10+,11?,12-/m1/s1. The molecule has 22 heavy (non-hydrogen) atoms. The van der Waals surface area contributed by atoms with E-state index in [1.807, 2.05) is 0 Å². The van der Waals surface area contributed by atoms with E-state index >= 15 is 0 Å². The Balaban J connectivity index is 2.17. The lowest BCUT2D eigenvalue weighted by Gasteiger charge is -2.39. The Morgan fingerprint density at radius 1 is 1.27 bits per heavy atom. The highest BCUT2D eigenvalue weighted by Gasteiger charge is 2.44. The van der Waals surface area contributed by atoms with Crippen LogP contribution in [0.3, 0.4) is 0 Å². The summed E-state index contributed by atoms with van der Waals surface area (Å²) in [4.78, 5) is 9.98. The van der Waals surface area contributed by atoms with Gasteiger partial charge in [0.2, 0.25) is 6.29 Å².